The molecule has 2 amide bonds. The number of nitrogens with one attached hydrogen (secondary N) is 1. The number of nitrogens with zero attached hydrogens (tertiary/aromatic N) is 2. The lowest BCUT2D eigenvalue weighted by Crippen LogP contribution is -2.52. The van der Waals surface area contributed by atoms with E-state index in [1.807, 2.05) is 44.2 Å². The molecule has 0 saturated heterocycles. The molecule has 11 heteroatoms. The molecule has 3 aromatic rings. The van der Waals surface area contributed by atoms with Crippen molar-refractivity contribution in [2.75, 3.05) is 13.7 Å². The van der Waals surface area contributed by atoms with Crippen molar-refractivity contribution in [1.82, 2.24) is 10.2 Å². The Morgan fingerprint density at radius 1 is 1.00 bits per heavy atom. The number of ether oxygens (including phenoxy) is 2. The van der Waals surface area contributed by atoms with Gasteiger partial charge in [-0.05, 0) is 43.2 Å². The van der Waals surface area contributed by atoms with Gasteiger partial charge in [0.05, 0.1) is 22.1 Å². The predicted molar refractivity (Wildman–Crippen MR) is 149 cm³/mol. The molecule has 0 saturated carbocycles. The summed E-state index contributed by atoms with van der Waals surface area (Å²) in [5.41, 5.74) is 1.31. The molecule has 9 nitrogen and oxygen atoms in total. The van der Waals surface area contributed by atoms with Gasteiger partial charge in [0.1, 0.15) is 11.8 Å². The van der Waals surface area contributed by atoms with E-state index >= 15 is 0 Å². The first kappa shape index (κ1) is 29.7. The molecule has 1 atom stereocenters. The third-order valence-corrected chi connectivity index (χ3v) is 6.49. The number of nitro groups is 1. The van der Waals surface area contributed by atoms with Gasteiger partial charge in [0.25, 0.3) is 5.91 Å². The molecular weight excluding hydrogens is 545 g/mol. The van der Waals surface area contributed by atoms with Gasteiger partial charge in [0.2, 0.25) is 11.7 Å². The van der Waals surface area contributed by atoms with Gasteiger partial charge in [-0.15, -0.1) is 0 Å². The van der Waals surface area contributed by atoms with E-state index in [1.54, 1.807) is 18.2 Å². The van der Waals surface area contributed by atoms with Gasteiger partial charge in [-0.1, -0.05) is 59.6 Å². The van der Waals surface area contributed by atoms with Crippen molar-refractivity contribution in [2.24, 2.45) is 0 Å². The number of hydrogen-bond acceptors (Lipinski definition) is 6. The fourth-order valence-electron chi connectivity index (χ4n) is 3.90. The minimum Gasteiger partial charge on any atom is -0.490 e. The standard InChI is InChI=1S/C28H29Cl2N3O6/c1-18(2)31-28(35)25(14-19-7-5-4-6-8-19)32(16-20-9-11-22(29)23(30)13-20)27(34)17-39-21-10-12-24(33(36)37)26(15-21)38-3/h4-13,15,18,25H,14,16-17H2,1-3H3,(H,31,35). The lowest BCUT2D eigenvalue weighted by atomic mass is 10.0. The molecule has 0 fully saturated rings. The third-order valence-electron chi connectivity index (χ3n) is 5.75. The first-order valence-corrected chi connectivity index (χ1v) is 12.9. The normalized spacial score (nSPS) is 11.5. The fourth-order valence-corrected chi connectivity index (χ4v) is 4.22. The Bertz CT molecular complexity index is 1320. The number of hydrogen-bond donors (Lipinski definition) is 1. The summed E-state index contributed by atoms with van der Waals surface area (Å²) in [6.45, 7) is 3.32. The highest BCUT2D eigenvalue weighted by molar-refractivity contribution is 6.42. The van der Waals surface area contributed by atoms with Crippen LogP contribution in [-0.4, -0.2) is 47.4 Å². The molecule has 0 aliphatic heterocycles. The van der Waals surface area contributed by atoms with Crippen molar-refractivity contribution in [3.63, 3.8) is 0 Å². The van der Waals surface area contributed by atoms with Crippen LogP contribution in [0.25, 0.3) is 0 Å². The second-order valence-electron chi connectivity index (χ2n) is 9.02. The molecule has 0 bridgehead atoms. The van der Waals surface area contributed by atoms with Crippen molar-refractivity contribution in [1.29, 1.82) is 0 Å². The van der Waals surface area contributed by atoms with Crippen LogP contribution in [0.4, 0.5) is 5.69 Å². The Morgan fingerprint density at radius 3 is 2.33 bits per heavy atom. The van der Waals surface area contributed by atoms with Gasteiger partial charge in [-0.2, -0.15) is 0 Å². The Morgan fingerprint density at radius 2 is 1.72 bits per heavy atom. The SMILES string of the molecule is COc1cc(OCC(=O)N(Cc2ccc(Cl)c(Cl)c2)C(Cc2ccccc2)C(=O)NC(C)C)ccc1[N+](=O)[O-]. The number of rotatable bonds is 12. The first-order valence-electron chi connectivity index (χ1n) is 12.1. The summed E-state index contributed by atoms with van der Waals surface area (Å²) in [5, 5.41) is 14.8. The van der Waals surface area contributed by atoms with E-state index < -0.39 is 23.5 Å². The van der Waals surface area contributed by atoms with Gasteiger partial charge in [-0.25, -0.2) is 0 Å². The largest absolute Gasteiger partial charge is 0.490 e. The number of halogens is 2. The third kappa shape index (κ3) is 8.33. The lowest BCUT2D eigenvalue weighted by molar-refractivity contribution is -0.385. The number of nitro benzene ring substituents is 1. The van der Waals surface area contributed by atoms with Crippen LogP contribution >= 0.6 is 23.2 Å². The molecular formula is C28H29Cl2N3O6. The highest BCUT2D eigenvalue weighted by Gasteiger charge is 2.31. The molecule has 39 heavy (non-hydrogen) atoms. The smallest absolute Gasteiger partial charge is 0.311 e. The Kier molecular flexibility index (Phi) is 10.5. The van der Waals surface area contributed by atoms with Gasteiger partial charge in [0, 0.05) is 31.1 Å². The number of carbonyl (C=O) groups excluding carboxylic acids is 2. The number of benzene rings is 3. The van der Waals surface area contributed by atoms with E-state index in [4.69, 9.17) is 32.7 Å². The van der Waals surface area contributed by atoms with E-state index in [-0.39, 0.29) is 42.1 Å². The zero-order chi connectivity index (χ0) is 28.5. The van der Waals surface area contributed by atoms with Crippen LogP contribution < -0.4 is 14.8 Å². The Hall–Kier alpha value is -3.82. The summed E-state index contributed by atoms with van der Waals surface area (Å²) >= 11 is 12.3. The Labute approximate surface area is 236 Å². The van der Waals surface area contributed by atoms with Crippen LogP contribution in [-0.2, 0) is 22.6 Å². The summed E-state index contributed by atoms with van der Waals surface area (Å²) < 4.78 is 10.8. The zero-order valence-electron chi connectivity index (χ0n) is 21.7. The first-order chi connectivity index (χ1) is 18.6. The molecule has 0 aliphatic carbocycles. The molecule has 0 radical (unpaired) electrons. The second-order valence-corrected chi connectivity index (χ2v) is 9.83. The average Bonchev–Trinajstić information content (AvgIpc) is 2.91. The molecule has 0 aliphatic rings. The molecule has 0 spiro atoms. The summed E-state index contributed by atoms with van der Waals surface area (Å²) in [7, 11) is 1.30. The van der Waals surface area contributed by atoms with Crippen molar-refractivity contribution in [3.8, 4) is 11.5 Å². The summed E-state index contributed by atoms with van der Waals surface area (Å²) in [6.07, 6.45) is 0.262. The number of carbonyl (C=O) groups is 2. The van der Waals surface area contributed by atoms with E-state index in [1.165, 1.54) is 30.2 Å². The fraction of sp³-hybridized carbons (Fsp3) is 0.286. The topological polar surface area (TPSA) is 111 Å². The van der Waals surface area contributed by atoms with Crippen LogP contribution in [0.15, 0.2) is 66.7 Å². The minimum atomic E-state index is -0.869. The highest BCUT2D eigenvalue weighted by atomic mass is 35.5. The van der Waals surface area contributed by atoms with Crippen LogP contribution in [0.2, 0.25) is 10.0 Å². The van der Waals surface area contributed by atoms with Gasteiger partial charge >= 0.3 is 5.69 Å². The van der Waals surface area contributed by atoms with Crippen molar-refractivity contribution in [2.45, 2.75) is 38.9 Å². The van der Waals surface area contributed by atoms with E-state index in [0.29, 0.717) is 15.6 Å². The van der Waals surface area contributed by atoms with E-state index in [9.17, 15) is 19.7 Å². The van der Waals surface area contributed by atoms with Crippen LogP contribution in [0.3, 0.4) is 0 Å². The monoisotopic (exact) mass is 573 g/mol. The van der Waals surface area contributed by atoms with Crippen molar-refractivity contribution in [3.05, 3.63) is 98.0 Å². The van der Waals surface area contributed by atoms with Gasteiger partial charge in [-0.3, -0.25) is 19.7 Å². The zero-order valence-corrected chi connectivity index (χ0v) is 23.2. The highest BCUT2D eigenvalue weighted by Crippen LogP contribution is 2.31. The molecule has 3 aromatic carbocycles. The van der Waals surface area contributed by atoms with Gasteiger partial charge < -0.3 is 19.7 Å². The van der Waals surface area contributed by atoms with Crippen LogP contribution in [0.5, 0.6) is 11.5 Å². The molecule has 206 valence electrons. The van der Waals surface area contributed by atoms with Crippen molar-refractivity contribution >= 4 is 40.7 Å². The maximum atomic E-state index is 13.6. The van der Waals surface area contributed by atoms with Crippen LogP contribution in [0, 0.1) is 10.1 Å². The van der Waals surface area contributed by atoms with E-state index in [2.05, 4.69) is 5.32 Å². The summed E-state index contributed by atoms with van der Waals surface area (Å²) in [4.78, 5) is 39.1. The van der Waals surface area contributed by atoms with Crippen molar-refractivity contribution < 1.29 is 24.0 Å². The second kappa shape index (κ2) is 13.8. The average molecular weight is 574 g/mol. The Balaban J connectivity index is 1.93. The maximum Gasteiger partial charge on any atom is 0.311 e. The molecule has 1 N–H and O–H groups in total. The maximum absolute atomic E-state index is 13.6. The van der Waals surface area contributed by atoms with Gasteiger partial charge in [0.15, 0.2) is 6.61 Å². The predicted octanol–water partition coefficient (Wildman–Crippen LogP) is 5.45. The van der Waals surface area contributed by atoms with E-state index in [0.717, 1.165) is 5.56 Å². The number of amides is 2. The molecule has 1 unspecified atom stereocenters. The minimum absolute atomic E-state index is 0.00382. The molecule has 3 rings (SSSR count). The molecule has 0 heterocycles. The summed E-state index contributed by atoms with van der Waals surface area (Å²) in [5.74, 6) is -0.597. The van der Waals surface area contributed by atoms with Crippen LogP contribution in [0.1, 0.15) is 25.0 Å². The summed E-state index contributed by atoms with van der Waals surface area (Å²) in [6, 6.07) is 17.3. The lowest BCUT2D eigenvalue weighted by Gasteiger charge is -2.32. The molecule has 0 aromatic heterocycles. The quantitative estimate of drug-likeness (QED) is 0.227. The number of methoxy groups -OCH3 is 1.